The molecule has 1 amide bonds. The number of amides is 1. The monoisotopic (exact) mass is 457 g/mol. The van der Waals surface area contributed by atoms with Crippen LogP contribution in [0.2, 0.25) is 5.28 Å². The molecule has 0 saturated heterocycles. The standard InChI is InChI=1S/C21H14ClF2N5OS/c1-25-21-29-17(18(31-21)15-8-9-26-20(22)28-15)11-4-2-5-12(10-11)27-19(30)16-13(23)6-3-7-14(16)24/h2-10H,1H3,(H,25,29)(H,27,30). The summed E-state index contributed by atoms with van der Waals surface area (Å²) in [4.78, 5) is 25.9. The Labute approximate surface area is 185 Å². The van der Waals surface area contributed by atoms with E-state index in [2.05, 4.69) is 25.6 Å². The van der Waals surface area contributed by atoms with Crippen molar-refractivity contribution in [2.24, 2.45) is 0 Å². The molecular weight excluding hydrogens is 444 g/mol. The van der Waals surface area contributed by atoms with E-state index < -0.39 is 23.1 Å². The average molecular weight is 458 g/mol. The Kier molecular flexibility index (Phi) is 5.88. The second kappa shape index (κ2) is 8.75. The molecule has 156 valence electrons. The molecule has 4 aromatic rings. The molecule has 0 radical (unpaired) electrons. The molecule has 2 heterocycles. The van der Waals surface area contributed by atoms with Crippen molar-refractivity contribution in [3.63, 3.8) is 0 Å². The van der Waals surface area contributed by atoms with Crippen LogP contribution in [0.15, 0.2) is 54.7 Å². The molecule has 2 aromatic heterocycles. The second-order valence-corrected chi connectivity index (χ2v) is 7.63. The van der Waals surface area contributed by atoms with Crippen molar-refractivity contribution >= 4 is 39.7 Å². The summed E-state index contributed by atoms with van der Waals surface area (Å²) in [6, 6.07) is 11.8. The summed E-state index contributed by atoms with van der Waals surface area (Å²) in [5.41, 5.74) is 1.59. The second-order valence-electron chi connectivity index (χ2n) is 6.29. The van der Waals surface area contributed by atoms with Crippen molar-refractivity contribution in [2.45, 2.75) is 0 Å². The largest absolute Gasteiger partial charge is 0.365 e. The number of anilines is 2. The molecule has 2 N–H and O–H groups in total. The van der Waals surface area contributed by atoms with Gasteiger partial charge in [0.15, 0.2) is 5.13 Å². The van der Waals surface area contributed by atoms with E-state index in [9.17, 15) is 13.6 Å². The maximum Gasteiger partial charge on any atom is 0.261 e. The van der Waals surface area contributed by atoms with E-state index in [1.54, 1.807) is 43.6 Å². The fraction of sp³-hybridized carbons (Fsp3) is 0.0476. The zero-order valence-corrected chi connectivity index (χ0v) is 17.6. The summed E-state index contributed by atoms with van der Waals surface area (Å²) in [7, 11) is 1.75. The van der Waals surface area contributed by atoms with Crippen LogP contribution in [0.3, 0.4) is 0 Å². The van der Waals surface area contributed by atoms with Gasteiger partial charge < -0.3 is 10.6 Å². The van der Waals surface area contributed by atoms with Crippen LogP contribution in [0, 0.1) is 11.6 Å². The van der Waals surface area contributed by atoms with E-state index in [0.29, 0.717) is 27.8 Å². The number of nitrogens with zero attached hydrogens (tertiary/aromatic N) is 3. The Bertz CT molecular complexity index is 1260. The van der Waals surface area contributed by atoms with E-state index in [1.165, 1.54) is 17.4 Å². The highest BCUT2D eigenvalue weighted by atomic mass is 35.5. The minimum atomic E-state index is -0.935. The number of hydrogen-bond acceptors (Lipinski definition) is 6. The summed E-state index contributed by atoms with van der Waals surface area (Å²) in [5, 5.41) is 6.30. The van der Waals surface area contributed by atoms with Gasteiger partial charge in [0.25, 0.3) is 5.91 Å². The van der Waals surface area contributed by atoms with E-state index in [4.69, 9.17) is 11.6 Å². The number of nitrogens with one attached hydrogen (secondary N) is 2. The van der Waals surface area contributed by atoms with Gasteiger partial charge in [-0.05, 0) is 41.9 Å². The summed E-state index contributed by atoms with van der Waals surface area (Å²) < 4.78 is 27.8. The quantitative estimate of drug-likeness (QED) is 0.387. The lowest BCUT2D eigenvalue weighted by Gasteiger charge is -2.09. The van der Waals surface area contributed by atoms with Gasteiger partial charge in [-0.1, -0.05) is 29.5 Å². The number of hydrogen-bond donors (Lipinski definition) is 2. The highest BCUT2D eigenvalue weighted by Gasteiger charge is 2.19. The fourth-order valence-corrected chi connectivity index (χ4v) is 3.97. The predicted octanol–water partition coefficient (Wildman–Crippen LogP) is 5.49. The number of thiazole rings is 1. The predicted molar refractivity (Wildman–Crippen MR) is 117 cm³/mol. The zero-order chi connectivity index (χ0) is 22.0. The van der Waals surface area contributed by atoms with Crippen molar-refractivity contribution in [3.05, 3.63) is 77.2 Å². The Morgan fingerprint density at radius 2 is 1.81 bits per heavy atom. The molecule has 0 saturated carbocycles. The lowest BCUT2D eigenvalue weighted by atomic mass is 10.1. The minimum absolute atomic E-state index is 0.107. The lowest BCUT2D eigenvalue weighted by Crippen LogP contribution is -2.15. The van der Waals surface area contributed by atoms with Gasteiger partial charge in [-0.25, -0.2) is 23.7 Å². The summed E-state index contributed by atoms with van der Waals surface area (Å²) >= 11 is 7.32. The number of carbonyl (C=O) groups excluding carboxylic acids is 1. The van der Waals surface area contributed by atoms with Crippen LogP contribution < -0.4 is 10.6 Å². The first-order valence-electron chi connectivity index (χ1n) is 8.99. The normalized spacial score (nSPS) is 10.7. The Hall–Kier alpha value is -3.43. The Morgan fingerprint density at radius 3 is 2.52 bits per heavy atom. The Morgan fingerprint density at radius 1 is 1.06 bits per heavy atom. The van der Waals surface area contributed by atoms with Gasteiger partial charge in [-0.3, -0.25) is 4.79 Å². The van der Waals surface area contributed by atoms with Gasteiger partial charge in [-0.2, -0.15) is 0 Å². The van der Waals surface area contributed by atoms with Gasteiger partial charge in [0.2, 0.25) is 5.28 Å². The molecule has 0 fully saturated rings. The molecule has 0 aliphatic rings. The number of halogens is 3. The van der Waals surface area contributed by atoms with Crippen LogP contribution in [-0.4, -0.2) is 27.9 Å². The van der Waals surface area contributed by atoms with Crippen LogP contribution in [-0.2, 0) is 0 Å². The molecule has 2 aromatic carbocycles. The van der Waals surface area contributed by atoms with E-state index in [1.807, 2.05) is 0 Å². The van der Waals surface area contributed by atoms with Crippen molar-refractivity contribution in [1.82, 2.24) is 15.0 Å². The summed E-state index contributed by atoms with van der Waals surface area (Å²) in [6.07, 6.45) is 1.55. The van der Waals surface area contributed by atoms with Crippen LogP contribution in [0.1, 0.15) is 10.4 Å². The van der Waals surface area contributed by atoms with E-state index in [-0.39, 0.29) is 5.28 Å². The molecule has 0 aliphatic carbocycles. The van der Waals surface area contributed by atoms with Gasteiger partial charge >= 0.3 is 0 Å². The first kappa shape index (κ1) is 20.8. The van der Waals surface area contributed by atoms with Crippen molar-refractivity contribution in [3.8, 4) is 21.8 Å². The first-order valence-corrected chi connectivity index (χ1v) is 10.2. The molecule has 6 nitrogen and oxygen atoms in total. The third kappa shape index (κ3) is 4.37. The Balaban J connectivity index is 1.71. The number of aromatic nitrogens is 3. The van der Waals surface area contributed by atoms with Gasteiger partial charge in [0.05, 0.1) is 16.3 Å². The zero-order valence-electron chi connectivity index (χ0n) is 16.0. The number of carbonyl (C=O) groups is 1. The summed E-state index contributed by atoms with van der Waals surface area (Å²) in [6.45, 7) is 0. The molecule has 0 unspecified atom stereocenters. The third-order valence-electron chi connectivity index (χ3n) is 4.28. The molecular formula is C21H14ClF2N5OS. The minimum Gasteiger partial charge on any atom is -0.365 e. The molecule has 0 spiro atoms. The summed E-state index contributed by atoms with van der Waals surface area (Å²) in [5.74, 6) is -2.76. The van der Waals surface area contributed by atoms with Crippen LogP contribution >= 0.6 is 22.9 Å². The third-order valence-corrected chi connectivity index (χ3v) is 5.56. The average Bonchev–Trinajstić information content (AvgIpc) is 3.18. The molecule has 31 heavy (non-hydrogen) atoms. The van der Waals surface area contributed by atoms with Crippen molar-refractivity contribution in [2.75, 3.05) is 17.7 Å². The first-order chi connectivity index (χ1) is 15.0. The maximum absolute atomic E-state index is 13.9. The maximum atomic E-state index is 13.9. The topological polar surface area (TPSA) is 79.8 Å². The number of rotatable bonds is 5. The molecule has 0 aliphatic heterocycles. The van der Waals surface area contributed by atoms with Gasteiger partial charge in [0, 0.05) is 24.5 Å². The highest BCUT2D eigenvalue weighted by Crippen LogP contribution is 2.38. The van der Waals surface area contributed by atoms with E-state index in [0.717, 1.165) is 17.0 Å². The molecule has 10 heteroatoms. The van der Waals surface area contributed by atoms with Crippen LogP contribution in [0.4, 0.5) is 19.6 Å². The molecule has 4 rings (SSSR count). The smallest absolute Gasteiger partial charge is 0.261 e. The SMILES string of the molecule is CNc1nc(-c2cccc(NC(=O)c3c(F)cccc3F)c2)c(-c2ccnc(Cl)n2)s1. The van der Waals surface area contributed by atoms with Crippen LogP contribution in [0.5, 0.6) is 0 Å². The van der Waals surface area contributed by atoms with Gasteiger partial charge in [-0.15, -0.1) is 0 Å². The fourth-order valence-electron chi connectivity index (χ4n) is 2.91. The van der Waals surface area contributed by atoms with Crippen LogP contribution in [0.25, 0.3) is 21.8 Å². The lowest BCUT2D eigenvalue weighted by molar-refractivity contribution is 0.101. The number of benzene rings is 2. The highest BCUT2D eigenvalue weighted by molar-refractivity contribution is 7.19. The molecule has 0 bridgehead atoms. The van der Waals surface area contributed by atoms with Crippen molar-refractivity contribution < 1.29 is 13.6 Å². The van der Waals surface area contributed by atoms with Crippen molar-refractivity contribution in [1.29, 1.82) is 0 Å². The van der Waals surface area contributed by atoms with E-state index >= 15 is 0 Å². The molecule has 0 atom stereocenters. The van der Waals surface area contributed by atoms with Gasteiger partial charge in [0.1, 0.15) is 17.2 Å².